The first-order chi connectivity index (χ1) is 15.7. The van der Waals surface area contributed by atoms with Crippen molar-refractivity contribution in [3.8, 4) is 11.1 Å². The molecule has 1 amide bonds. The molecule has 4 heterocycles. The van der Waals surface area contributed by atoms with Crippen molar-refractivity contribution in [1.29, 1.82) is 0 Å². The van der Waals surface area contributed by atoms with E-state index in [1.807, 2.05) is 25.4 Å². The number of hydrogen-bond donors (Lipinski definition) is 2. The molecule has 12 heteroatoms. The molecule has 3 aromatic heterocycles. The Bertz CT molecular complexity index is 1270. The van der Waals surface area contributed by atoms with E-state index < -0.39 is 15.9 Å². The number of sulfonamides is 1. The molecule has 178 valence electrons. The second kappa shape index (κ2) is 9.12. The maximum atomic E-state index is 12.2. The smallest absolute Gasteiger partial charge is 0.252 e. The molecular formula is C21H29N7O4S. The minimum atomic E-state index is -3.31. The zero-order chi connectivity index (χ0) is 23.8. The van der Waals surface area contributed by atoms with Gasteiger partial charge in [0.25, 0.3) is 5.91 Å². The molecule has 11 nitrogen and oxygen atoms in total. The molecule has 33 heavy (non-hydrogen) atoms. The SMILES string of the molecule is CC[C@H]1CN(S(C)(=O)=O)C[C@H]1Nc1c(C(N)=O)cnn2cc(-c3cnn(CCOC)c3)cc12. The lowest BCUT2D eigenvalue weighted by molar-refractivity contribution is 0.100. The first-order valence-corrected chi connectivity index (χ1v) is 12.6. The molecule has 3 N–H and O–H groups in total. The quantitative estimate of drug-likeness (QED) is 0.471. The van der Waals surface area contributed by atoms with Gasteiger partial charge in [-0.1, -0.05) is 13.3 Å². The van der Waals surface area contributed by atoms with Gasteiger partial charge in [0.05, 0.1) is 48.6 Å². The van der Waals surface area contributed by atoms with Crippen molar-refractivity contribution in [3.05, 3.63) is 36.4 Å². The molecule has 0 bridgehead atoms. The summed E-state index contributed by atoms with van der Waals surface area (Å²) in [4.78, 5) is 12.2. The molecule has 0 spiro atoms. The number of nitrogens with zero attached hydrogens (tertiary/aromatic N) is 5. The van der Waals surface area contributed by atoms with Crippen molar-refractivity contribution in [3.63, 3.8) is 0 Å². The number of aromatic nitrogens is 4. The van der Waals surface area contributed by atoms with Crippen molar-refractivity contribution in [2.75, 3.05) is 38.4 Å². The zero-order valence-electron chi connectivity index (χ0n) is 18.9. The average molecular weight is 476 g/mol. The minimum Gasteiger partial charge on any atom is -0.383 e. The number of anilines is 1. The molecule has 3 aromatic rings. The molecule has 1 aliphatic rings. The van der Waals surface area contributed by atoms with Crippen molar-refractivity contribution in [2.45, 2.75) is 25.9 Å². The van der Waals surface area contributed by atoms with Gasteiger partial charge in [-0.3, -0.25) is 9.48 Å². The van der Waals surface area contributed by atoms with Gasteiger partial charge in [-0.05, 0) is 12.0 Å². The Morgan fingerprint density at radius 1 is 1.24 bits per heavy atom. The third-order valence-electron chi connectivity index (χ3n) is 6.12. The Morgan fingerprint density at radius 2 is 2.03 bits per heavy atom. The first-order valence-electron chi connectivity index (χ1n) is 10.8. The lowest BCUT2D eigenvalue weighted by Crippen LogP contribution is -2.32. The maximum absolute atomic E-state index is 12.2. The van der Waals surface area contributed by atoms with Crippen LogP contribution in [0, 0.1) is 5.92 Å². The molecule has 0 saturated carbocycles. The highest BCUT2D eigenvalue weighted by molar-refractivity contribution is 7.88. The molecule has 2 atom stereocenters. The number of nitrogens with two attached hydrogens (primary N) is 1. The van der Waals surface area contributed by atoms with Crippen LogP contribution < -0.4 is 11.1 Å². The predicted molar refractivity (Wildman–Crippen MR) is 124 cm³/mol. The number of primary amides is 1. The summed E-state index contributed by atoms with van der Waals surface area (Å²) in [5.41, 5.74) is 8.92. The molecule has 0 aliphatic carbocycles. The van der Waals surface area contributed by atoms with Crippen LogP contribution in [0.3, 0.4) is 0 Å². The summed E-state index contributed by atoms with van der Waals surface area (Å²) in [5.74, 6) is -0.504. The van der Waals surface area contributed by atoms with Gasteiger partial charge in [-0.2, -0.15) is 14.5 Å². The fraction of sp³-hybridized carbons (Fsp3) is 0.476. The molecular weight excluding hydrogens is 446 g/mol. The van der Waals surface area contributed by atoms with Crippen LogP contribution in [0.2, 0.25) is 0 Å². The van der Waals surface area contributed by atoms with Crippen LogP contribution >= 0.6 is 0 Å². The van der Waals surface area contributed by atoms with Gasteiger partial charge in [0.2, 0.25) is 10.0 Å². The molecule has 0 aromatic carbocycles. The van der Waals surface area contributed by atoms with Crippen LogP contribution in [-0.2, 0) is 21.3 Å². The van der Waals surface area contributed by atoms with Gasteiger partial charge in [-0.25, -0.2) is 12.9 Å². The Kier molecular flexibility index (Phi) is 6.41. The van der Waals surface area contributed by atoms with E-state index in [-0.39, 0.29) is 17.5 Å². The summed E-state index contributed by atoms with van der Waals surface area (Å²) in [6.45, 7) is 3.98. The summed E-state index contributed by atoms with van der Waals surface area (Å²) in [7, 11) is -1.67. The van der Waals surface area contributed by atoms with E-state index in [4.69, 9.17) is 10.5 Å². The topological polar surface area (TPSA) is 137 Å². The Balaban J connectivity index is 1.71. The lowest BCUT2D eigenvalue weighted by atomic mass is 10.00. The Morgan fingerprint density at radius 3 is 2.70 bits per heavy atom. The Hall–Kier alpha value is -2.96. The van der Waals surface area contributed by atoms with Gasteiger partial charge >= 0.3 is 0 Å². The maximum Gasteiger partial charge on any atom is 0.252 e. The number of amides is 1. The van der Waals surface area contributed by atoms with E-state index in [9.17, 15) is 13.2 Å². The molecule has 0 unspecified atom stereocenters. The first kappa shape index (κ1) is 23.2. The summed E-state index contributed by atoms with van der Waals surface area (Å²) < 4.78 is 34.3. The van der Waals surface area contributed by atoms with Gasteiger partial charge < -0.3 is 15.8 Å². The van der Waals surface area contributed by atoms with E-state index in [1.165, 1.54) is 16.8 Å². The fourth-order valence-corrected chi connectivity index (χ4v) is 5.13. The zero-order valence-corrected chi connectivity index (χ0v) is 19.7. The monoisotopic (exact) mass is 475 g/mol. The number of rotatable bonds is 9. The number of ether oxygens (including phenoxy) is 1. The van der Waals surface area contributed by atoms with Crippen LogP contribution in [-0.4, -0.2) is 77.1 Å². The van der Waals surface area contributed by atoms with Gasteiger partial charge in [0.1, 0.15) is 0 Å². The van der Waals surface area contributed by atoms with Crippen LogP contribution in [0.25, 0.3) is 16.6 Å². The van der Waals surface area contributed by atoms with Crippen molar-refractivity contribution in [2.24, 2.45) is 11.7 Å². The largest absolute Gasteiger partial charge is 0.383 e. The highest BCUT2D eigenvalue weighted by Gasteiger charge is 2.36. The van der Waals surface area contributed by atoms with Crippen molar-refractivity contribution < 1.29 is 17.9 Å². The fourth-order valence-electron chi connectivity index (χ4n) is 4.24. The Labute approximate surface area is 192 Å². The van der Waals surface area contributed by atoms with E-state index >= 15 is 0 Å². The lowest BCUT2D eigenvalue weighted by Gasteiger charge is -2.21. The van der Waals surface area contributed by atoms with Crippen LogP contribution in [0.15, 0.2) is 30.9 Å². The minimum absolute atomic E-state index is 0.0992. The second-order valence-corrected chi connectivity index (χ2v) is 10.3. The summed E-state index contributed by atoms with van der Waals surface area (Å²) >= 11 is 0. The van der Waals surface area contributed by atoms with E-state index in [0.29, 0.717) is 37.4 Å². The average Bonchev–Trinajstić information content (AvgIpc) is 3.49. The number of carbonyl (C=O) groups is 1. The molecule has 1 aliphatic heterocycles. The highest BCUT2D eigenvalue weighted by atomic mass is 32.2. The van der Waals surface area contributed by atoms with Gasteiger partial charge in [-0.15, -0.1) is 0 Å². The number of hydrogen-bond acceptors (Lipinski definition) is 7. The normalized spacial score (nSPS) is 19.4. The van der Waals surface area contributed by atoms with E-state index in [0.717, 1.165) is 17.5 Å². The number of nitrogens with one attached hydrogen (secondary N) is 1. The number of carbonyl (C=O) groups excluding carboxylic acids is 1. The van der Waals surface area contributed by atoms with Crippen LogP contribution in [0.1, 0.15) is 23.7 Å². The van der Waals surface area contributed by atoms with E-state index in [2.05, 4.69) is 15.5 Å². The second-order valence-electron chi connectivity index (χ2n) is 8.34. The van der Waals surface area contributed by atoms with Crippen molar-refractivity contribution in [1.82, 2.24) is 23.7 Å². The van der Waals surface area contributed by atoms with Crippen molar-refractivity contribution >= 4 is 27.1 Å². The predicted octanol–water partition coefficient (Wildman–Crippen LogP) is 1.03. The van der Waals surface area contributed by atoms with E-state index in [1.54, 1.807) is 22.5 Å². The molecule has 1 fully saturated rings. The molecule has 1 saturated heterocycles. The standard InChI is InChI=1S/C21H29N7O4S/c1-4-14-11-27(33(3,30)31)13-18(14)25-20-17(21(22)29)9-24-28-12-15(7-19(20)28)16-8-23-26(10-16)5-6-32-2/h7-10,12,14,18,25H,4-6,11,13H2,1-3H3,(H2,22,29)/t14-,18+/m0/s1. The van der Waals surface area contributed by atoms with Crippen LogP contribution in [0.5, 0.6) is 0 Å². The third kappa shape index (κ3) is 4.72. The van der Waals surface area contributed by atoms with Gasteiger partial charge in [0, 0.05) is 49.8 Å². The molecule has 4 rings (SSSR count). The number of fused-ring (bicyclic) bond motifs is 1. The highest BCUT2D eigenvalue weighted by Crippen LogP contribution is 2.32. The summed E-state index contributed by atoms with van der Waals surface area (Å²) in [6, 6.07) is 1.76. The summed E-state index contributed by atoms with van der Waals surface area (Å²) in [5, 5.41) is 12.1. The van der Waals surface area contributed by atoms with Gasteiger partial charge in [0.15, 0.2) is 0 Å². The summed E-state index contributed by atoms with van der Waals surface area (Å²) in [6.07, 6.45) is 8.99. The van der Waals surface area contributed by atoms with Crippen LogP contribution in [0.4, 0.5) is 5.69 Å². The molecule has 0 radical (unpaired) electrons. The third-order valence-corrected chi connectivity index (χ3v) is 7.36. The number of methoxy groups -OCH3 is 1.